The van der Waals surface area contributed by atoms with Gasteiger partial charge in [0.1, 0.15) is 5.82 Å². The molecule has 3 rings (SSSR count). The number of methoxy groups -OCH3 is 2. The summed E-state index contributed by atoms with van der Waals surface area (Å²) in [6, 6.07) is 12.9. The summed E-state index contributed by atoms with van der Waals surface area (Å²) in [5.74, 6) is 1.41. The fourth-order valence-corrected chi connectivity index (χ4v) is 3.32. The fourth-order valence-electron chi connectivity index (χ4n) is 3.32. The van der Waals surface area contributed by atoms with Crippen LogP contribution in [0.5, 0.6) is 11.5 Å². The van der Waals surface area contributed by atoms with Gasteiger partial charge in [0, 0.05) is 44.8 Å². The maximum atomic E-state index is 13.3. The topological polar surface area (TPSA) is 24.9 Å². The Hall–Kier alpha value is -2.11. The van der Waals surface area contributed by atoms with Crippen LogP contribution in [-0.4, -0.2) is 50.2 Å². The van der Waals surface area contributed by atoms with Gasteiger partial charge < -0.3 is 9.47 Å². The molecule has 25 heavy (non-hydrogen) atoms. The largest absolute Gasteiger partial charge is 0.493 e. The summed E-state index contributed by atoms with van der Waals surface area (Å²) >= 11 is 0. The molecule has 0 radical (unpaired) electrons. The molecule has 0 unspecified atom stereocenters. The molecular weight excluding hydrogens is 319 g/mol. The Morgan fingerprint density at radius 1 is 0.880 bits per heavy atom. The van der Waals surface area contributed by atoms with Crippen LogP contribution >= 0.6 is 0 Å². The van der Waals surface area contributed by atoms with Crippen molar-refractivity contribution in [2.45, 2.75) is 13.1 Å². The molecule has 1 saturated heterocycles. The number of piperazine rings is 1. The van der Waals surface area contributed by atoms with Gasteiger partial charge in [-0.1, -0.05) is 24.3 Å². The molecule has 0 bridgehead atoms. The second-order valence-corrected chi connectivity index (χ2v) is 6.33. The smallest absolute Gasteiger partial charge is 0.165 e. The van der Waals surface area contributed by atoms with E-state index in [-0.39, 0.29) is 5.82 Å². The molecule has 0 atom stereocenters. The zero-order chi connectivity index (χ0) is 17.6. The Labute approximate surface area is 148 Å². The van der Waals surface area contributed by atoms with E-state index in [0.29, 0.717) is 0 Å². The number of rotatable bonds is 6. The predicted octanol–water partition coefficient (Wildman–Crippen LogP) is 3.16. The van der Waals surface area contributed by atoms with Crippen LogP contribution in [0.4, 0.5) is 4.39 Å². The lowest BCUT2D eigenvalue weighted by Gasteiger charge is -2.35. The van der Waals surface area contributed by atoms with E-state index in [1.807, 2.05) is 18.2 Å². The Morgan fingerprint density at radius 2 is 1.56 bits per heavy atom. The van der Waals surface area contributed by atoms with Crippen molar-refractivity contribution in [3.63, 3.8) is 0 Å². The molecule has 1 aliphatic heterocycles. The van der Waals surface area contributed by atoms with E-state index >= 15 is 0 Å². The highest BCUT2D eigenvalue weighted by Gasteiger charge is 2.19. The van der Waals surface area contributed by atoms with E-state index in [4.69, 9.17) is 9.47 Å². The number of hydrogen-bond donors (Lipinski definition) is 0. The minimum atomic E-state index is -0.166. The van der Waals surface area contributed by atoms with Crippen molar-refractivity contribution in [3.05, 3.63) is 59.4 Å². The maximum absolute atomic E-state index is 13.3. The molecule has 4 nitrogen and oxygen atoms in total. The molecule has 0 amide bonds. The number of halogens is 1. The fraction of sp³-hybridized carbons (Fsp3) is 0.400. The second kappa shape index (κ2) is 8.32. The van der Waals surface area contributed by atoms with Crippen molar-refractivity contribution >= 4 is 0 Å². The van der Waals surface area contributed by atoms with Crippen molar-refractivity contribution < 1.29 is 13.9 Å². The predicted molar refractivity (Wildman–Crippen MR) is 96.5 cm³/mol. The van der Waals surface area contributed by atoms with Gasteiger partial charge in [0.05, 0.1) is 14.2 Å². The summed E-state index contributed by atoms with van der Waals surface area (Å²) in [6.07, 6.45) is 0. The highest BCUT2D eigenvalue weighted by Crippen LogP contribution is 2.31. The molecule has 2 aromatic rings. The molecule has 1 fully saturated rings. The SMILES string of the molecule is COc1cccc(CN2CCN(Cc3cccc(F)c3)CC2)c1OC. The molecule has 0 aromatic heterocycles. The Bertz CT molecular complexity index is 700. The first-order chi connectivity index (χ1) is 12.2. The minimum Gasteiger partial charge on any atom is -0.493 e. The van der Waals surface area contributed by atoms with Crippen LogP contribution in [0.2, 0.25) is 0 Å². The minimum absolute atomic E-state index is 0.166. The maximum Gasteiger partial charge on any atom is 0.165 e. The Balaban J connectivity index is 1.56. The van der Waals surface area contributed by atoms with Gasteiger partial charge in [0.25, 0.3) is 0 Å². The molecule has 1 heterocycles. The quantitative estimate of drug-likeness (QED) is 0.804. The van der Waals surface area contributed by atoms with Crippen LogP contribution in [0.3, 0.4) is 0 Å². The number of ether oxygens (including phenoxy) is 2. The molecule has 5 heteroatoms. The first-order valence-corrected chi connectivity index (χ1v) is 8.58. The molecule has 0 N–H and O–H groups in total. The molecule has 0 aliphatic carbocycles. The molecule has 1 aliphatic rings. The van der Waals surface area contributed by atoms with Gasteiger partial charge in [-0.3, -0.25) is 9.80 Å². The van der Waals surface area contributed by atoms with Crippen LogP contribution in [0.15, 0.2) is 42.5 Å². The summed E-state index contributed by atoms with van der Waals surface area (Å²) in [6.45, 7) is 5.55. The second-order valence-electron chi connectivity index (χ2n) is 6.33. The zero-order valence-electron chi connectivity index (χ0n) is 14.9. The summed E-state index contributed by atoms with van der Waals surface area (Å²) in [7, 11) is 3.34. The third-order valence-electron chi connectivity index (χ3n) is 4.64. The molecule has 134 valence electrons. The van der Waals surface area contributed by atoms with Crippen molar-refractivity contribution in [1.29, 1.82) is 0 Å². The van der Waals surface area contributed by atoms with Gasteiger partial charge in [-0.2, -0.15) is 0 Å². The van der Waals surface area contributed by atoms with E-state index in [2.05, 4.69) is 15.9 Å². The van der Waals surface area contributed by atoms with Crippen LogP contribution in [0, 0.1) is 5.82 Å². The molecule has 0 saturated carbocycles. The lowest BCUT2D eigenvalue weighted by atomic mass is 10.1. The molecule has 0 spiro atoms. The van der Waals surface area contributed by atoms with Gasteiger partial charge in [0.2, 0.25) is 0 Å². The van der Waals surface area contributed by atoms with E-state index in [1.54, 1.807) is 26.4 Å². The van der Waals surface area contributed by atoms with Gasteiger partial charge in [0.15, 0.2) is 11.5 Å². The van der Waals surface area contributed by atoms with Crippen LogP contribution in [0.25, 0.3) is 0 Å². The lowest BCUT2D eigenvalue weighted by molar-refractivity contribution is 0.121. The van der Waals surface area contributed by atoms with Crippen LogP contribution in [-0.2, 0) is 13.1 Å². The van der Waals surface area contributed by atoms with E-state index < -0.39 is 0 Å². The highest BCUT2D eigenvalue weighted by atomic mass is 19.1. The Kier molecular flexibility index (Phi) is 5.89. The first kappa shape index (κ1) is 17.7. The average Bonchev–Trinajstić information content (AvgIpc) is 2.63. The number of hydrogen-bond acceptors (Lipinski definition) is 4. The van der Waals surface area contributed by atoms with Crippen LogP contribution < -0.4 is 9.47 Å². The van der Waals surface area contributed by atoms with Crippen LogP contribution in [0.1, 0.15) is 11.1 Å². The van der Waals surface area contributed by atoms with Gasteiger partial charge in [-0.15, -0.1) is 0 Å². The lowest BCUT2D eigenvalue weighted by Crippen LogP contribution is -2.45. The molecular formula is C20H25FN2O2. The molecule has 2 aromatic carbocycles. The summed E-state index contributed by atoms with van der Waals surface area (Å²) in [5.41, 5.74) is 2.17. The normalized spacial score (nSPS) is 16.0. The highest BCUT2D eigenvalue weighted by molar-refractivity contribution is 5.46. The monoisotopic (exact) mass is 344 g/mol. The first-order valence-electron chi connectivity index (χ1n) is 8.58. The van der Waals surface area contributed by atoms with Crippen molar-refractivity contribution in [2.24, 2.45) is 0 Å². The zero-order valence-corrected chi connectivity index (χ0v) is 14.9. The van der Waals surface area contributed by atoms with Gasteiger partial charge >= 0.3 is 0 Å². The summed E-state index contributed by atoms with van der Waals surface area (Å²) < 4.78 is 24.2. The van der Waals surface area contributed by atoms with Gasteiger partial charge in [-0.25, -0.2) is 4.39 Å². The van der Waals surface area contributed by atoms with Crippen molar-refractivity contribution in [3.8, 4) is 11.5 Å². The summed E-state index contributed by atoms with van der Waals surface area (Å²) in [4.78, 5) is 4.79. The third-order valence-corrected chi connectivity index (χ3v) is 4.64. The van der Waals surface area contributed by atoms with E-state index in [0.717, 1.165) is 61.9 Å². The number of nitrogens with zero attached hydrogens (tertiary/aromatic N) is 2. The summed E-state index contributed by atoms with van der Waals surface area (Å²) in [5, 5.41) is 0. The third kappa shape index (κ3) is 4.50. The number of benzene rings is 2. The van der Waals surface area contributed by atoms with E-state index in [9.17, 15) is 4.39 Å². The average molecular weight is 344 g/mol. The van der Waals surface area contributed by atoms with E-state index in [1.165, 1.54) is 6.07 Å². The number of para-hydroxylation sites is 1. The van der Waals surface area contributed by atoms with Crippen molar-refractivity contribution in [2.75, 3.05) is 40.4 Å². The van der Waals surface area contributed by atoms with Gasteiger partial charge in [-0.05, 0) is 23.8 Å². The van der Waals surface area contributed by atoms with Crippen molar-refractivity contribution in [1.82, 2.24) is 9.80 Å². The Morgan fingerprint density at radius 3 is 2.20 bits per heavy atom. The standard InChI is InChI=1S/C20H25FN2O2/c1-24-19-8-4-6-17(20(19)25-2)15-23-11-9-22(10-12-23)14-16-5-3-7-18(21)13-16/h3-8,13H,9-12,14-15H2,1-2H3.